The molecule has 1 atom stereocenters. The number of ether oxygens (including phenoxy) is 2. The monoisotopic (exact) mass is 389 g/mol. The third-order valence-electron chi connectivity index (χ3n) is 3.67. The summed E-state index contributed by atoms with van der Waals surface area (Å²) in [5.41, 5.74) is 0.889. The van der Waals surface area contributed by atoms with Crippen molar-refractivity contribution in [1.82, 2.24) is 25.6 Å². The van der Waals surface area contributed by atoms with Crippen LogP contribution in [-0.2, 0) is 27.4 Å². The van der Waals surface area contributed by atoms with Gasteiger partial charge in [-0.2, -0.15) is 15.4 Å². The van der Waals surface area contributed by atoms with Crippen LogP contribution in [0.1, 0.15) is 32.0 Å². The normalized spacial score (nSPS) is 12.3. The largest absolute Gasteiger partial charge is 0.444 e. The molecule has 9 heteroatoms. The Hall–Kier alpha value is -2.94. The predicted octanol–water partition coefficient (Wildman–Crippen LogP) is 1.87. The van der Waals surface area contributed by atoms with E-state index in [0.29, 0.717) is 12.2 Å². The molecular weight excluding hydrogens is 362 g/mol. The number of hydrogen-bond acceptors (Lipinski definition) is 6. The first-order valence-corrected chi connectivity index (χ1v) is 8.94. The first-order valence-electron chi connectivity index (χ1n) is 8.94. The number of aromatic amines is 1. The summed E-state index contributed by atoms with van der Waals surface area (Å²) in [6.45, 7) is 5.87. The average molecular weight is 389 g/mol. The van der Waals surface area contributed by atoms with Crippen LogP contribution in [0.25, 0.3) is 0 Å². The number of nitrogens with zero attached hydrogens (tertiary/aromatic N) is 3. The van der Waals surface area contributed by atoms with Crippen LogP contribution in [0.4, 0.5) is 4.79 Å². The van der Waals surface area contributed by atoms with E-state index in [1.54, 1.807) is 31.9 Å². The molecule has 0 bridgehead atoms. The number of carbonyl (C=O) groups excluding carboxylic acids is 2. The summed E-state index contributed by atoms with van der Waals surface area (Å²) in [7, 11) is 1.47. The molecule has 1 heterocycles. The number of aromatic nitrogens is 3. The molecule has 0 fully saturated rings. The van der Waals surface area contributed by atoms with Crippen molar-refractivity contribution < 1.29 is 19.1 Å². The van der Waals surface area contributed by atoms with Gasteiger partial charge in [0.05, 0.1) is 19.3 Å². The molecule has 0 saturated carbocycles. The number of nitrogens with one attached hydrogen (secondary N) is 2. The van der Waals surface area contributed by atoms with Crippen molar-refractivity contribution in [1.29, 1.82) is 0 Å². The van der Waals surface area contributed by atoms with Crippen LogP contribution in [0.2, 0.25) is 0 Å². The van der Waals surface area contributed by atoms with E-state index in [-0.39, 0.29) is 19.1 Å². The third kappa shape index (κ3) is 6.99. The lowest BCUT2D eigenvalue weighted by Crippen LogP contribution is -2.51. The van der Waals surface area contributed by atoms with Crippen molar-refractivity contribution in [2.24, 2.45) is 0 Å². The van der Waals surface area contributed by atoms with Gasteiger partial charge in [0.25, 0.3) is 0 Å². The molecule has 2 N–H and O–H groups in total. The van der Waals surface area contributed by atoms with Gasteiger partial charge in [0.1, 0.15) is 17.3 Å². The van der Waals surface area contributed by atoms with Crippen molar-refractivity contribution in [3.63, 3.8) is 0 Å². The number of carbonyl (C=O) groups is 2. The van der Waals surface area contributed by atoms with E-state index in [2.05, 4.69) is 20.7 Å². The molecule has 0 aliphatic carbocycles. The van der Waals surface area contributed by atoms with Gasteiger partial charge in [-0.15, -0.1) is 0 Å². The van der Waals surface area contributed by atoms with E-state index in [1.807, 2.05) is 30.3 Å². The molecule has 1 unspecified atom stereocenters. The minimum atomic E-state index is -0.893. The molecule has 0 spiro atoms. The maximum Gasteiger partial charge on any atom is 0.408 e. The van der Waals surface area contributed by atoms with Crippen LogP contribution in [0.15, 0.2) is 36.5 Å². The topological polar surface area (TPSA) is 109 Å². The van der Waals surface area contributed by atoms with E-state index in [9.17, 15) is 9.59 Å². The minimum Gasteiger partial charge on any atom is -0.444 e. The van der Waals surface area contributed by atoms with Crippen LogP contribution in [0, 0.1) is 0 Å². The zero-order valence-corrected chi connectivity index (χ0v) is 16.6. The zero-order valence-electron chi connectivity index (χ0n) is 16.6. The molecule has 152 valence electrons. The molecule has 0 saturated heterocycles. The van der Waals surface area contributed by atoms with Crippen LogP contribution in [0.3, 0.4) is 0 Å². The highest BCUT2D eigenvalue weighted by Crippen LogP contribution is 2.12. The minimum absolute atomic E-state index is 0.0161. The van der Waals surface area contributed by atoms with Gasteiger partial charge in [0, 0.05) is 13.7 Å². The number of benzene rings is 1. The standard InChI is InChI=1S/C19H27N5O4/c1-19(2,3)28-18(26)21-16(13-27-4)17(25)24(12-15-10-20-23-22-15)11-14-8-6-5-7-9-14/h5-10,16H,11-13H2,1-4H3,(H,21,26)(H,20,22,23). The van der Waals surface area contributed by atoms with E-state index in [4.69, 9.17) is 9.47 Å². The van der Waals surface area contributed by atoms with Gasteiger partial charge >= 0.3 is 6.09 Å². The number of rotatable bonds is 8. The first kappa shape index (κ1) is 21.4. The second kappa shape index (κ2) is 9.84. The smallest absolute Gasteiger partial charge is 0.408 e. The Morgan fingerprint density at radius 2 is 1.93 bits per heavy atom. The van der Waals surface area contributed by atoms with Gasteiger partial charge in [-0.3, -0.25) is 4.79 Å². The fourth-order valence-electron chi connectivity index (χ4n) is 2.52. The Kier molecular flexibility index (Phi) is 7.51. The van der Waals surface area contributed by atoms with Crippen molar-refractivity contribution in [3.8, 4) is 0 Å². The summed E-state index contributed by atoms with van der Waals surface area (Å²) in [6.07, 6.45) is 0.877. The Bertz CT molecular complexity index is 743. The second-order valence-corrected chi connectivity index (χ2v) is 7.30. The van der Waals surface area contributed by atoms with Crippen molar-refractivity contribution in [3.05, 3.63) is 47.8 Å². The molecule has 2 rings (SSSR count). The number of H-pyrrole nitrogens is 1. The van der Waals surface area contributed by atoms with Gasteiger partial charge in [-0.25, -0.2) is 4.79 Å². The molecule has 1 aromatic heterocycles. The highest BCUT2D eigenvalue weighted by Gasteiger charge is 2.28. The molecule has 1 aromatic carbocycles. The maximum atomic E-state index is 13.2. The quantitative estimate of drug-likeness (QED) is 0.713. The molecule has 28 heavy (non-hydrogen) atoms. The zero-order chi connectivity index (χ0) is 20.6. The van der Waals surface area contributed by atoms with Crippen LogP contribution in [0.5, 0.6) is 0 Å². The fraction of sp³-hybridized carbons (Fsp3) is 0.474. The summed E-state index contributed by atoms with van der Waals surface area (Å²) >= 11 is 0. The maximum absolute atomic E-state index is 13.2. The van der Waals surface area contributed by atoms with Gasteiger partial charge in [-0.1, -0.05) is 30.3 Å². The molecule has 0 aliphatic heterocycles. The van der Waals surface area contributed by atoms with Crippen molar-refractivity contribution >= 4 is 12.0 Å². The number of amides is 2. The van der Waals surface area contributed by atoms with E-state index >= 15 is 0 Å². The SMILES string of the molecule is COCC(NC(=O)OC(C)(C)C)C(=O)N(Cc1ccccc1)Cc1cn[nH]n1. The molecule has 2 aromatic rings. The van der Waals surface area contributed by atoms with E-state index in [0.717, 1.165) is 5.56 Å². The highest BCUT2D eigenvalue weighted by atomic mass is 16.6. The number of methoxy groups -OCH3 is 1. The third-order valence-corrected chi connectivity index (χ3v) is 3.67. The van der Waals surface area contributed by atoms with Gasteiger partial charge in [0.15, 0.2) is 0 Å². The van der Waals surface area contributed by atoms with Crippen LogP contribution in [-0.4, -0.2) is 57.7 Å². The van der Waals surface area contributed by atoms with E-state index in [1.165, 1.54) is 7.11 Å². The number of hydrogen-bond donors (Lipinski definition) is 2. The Morgan fingerprint density at radius 1 is 1.21 bits per heavy atom. The van der Waals surface area contributed by atoms with Crippen molar-refractivity contribution in [2.75, 3.05) is 13.7 Å². The first-order chi connectivity index (χ1) is 13.3. The summed E-state index contributed by atoms with van der Waals surface area (Å²) in [6, 6.07) is 8.67. The molecule has 0 radical (unpaired) electrons. The lowest BCUT2D eigenvalue weighted by atomic mass is 10.1. The van der Waals surface area contributed by atoms with Crippen molar-refractivity contribution in [2.45, 2.75) is 45.5 Å². The predicted molar refractivity (Wildman–Crippen MR) is 102 cm³/mol. The van der Waals surface area contributed by atoms with Gasteiger partial charge in [0.2, 0.25) is 5.91 Å². The Morgan fingerprint density at radius 3 is 2.50 bits per heavy atom. The Labute approximate surface area is 164 Å². The molecule has 0 aliphatic rings. The summed E-state index contributed by atoms with van der Waals surface area (Å²) in [5, 5.41) is 12.9. The summed E-state index contributed by atoms with van der Waals surface area (Å²) in [5.74, 6) is -0.306. The second-order valence-electron chi connectivity index (χ2n) is 7.30. The summed E-state index contributed by atoms with van der Waals surface area (Å²) in [4.78, 5) is 26.9. The highest BCUT2D eigenvalue weighted by molar-refractivity contribution is 5.86. The molecule has 2 amide bonds. The lowest BCUT2D eigenvalue weighted by Gasteiger charge is -2.28. The molecular formula is C19H27N5O4. The molecule has 9 nitrogen and oxygen atoms in total. The number of alkyl carbamates (subject to hydrolysis) is 1. The van der Waals surface area contributed by atoms with Crippen LogP contribution >= 0.6 is 0 Å². The average Bonchev–Trinajstić information content (AvgIpc) is 3.12. The van der Waals surface area contributed by atoms with Crippen LogP contribution < -0.4 is 5.32 Å². The fourth-order valence-corrected chi connectivity index (χ4v) is 2.52. The van der Waals surface area contributed by atoms with Gasteiger partial charge in [-0.05, 0) is 26.3 Å². The summed E-state index contributed by atoms with van der Waals surface area (Å²) < 4.78 is 10.4. The Balaban J connectivity index is 2.17. The van der Waals surface area contributed by atoms with E-state index < -0.39 is 17.7 Å². The lowest BCUT2D eigenvalue weighted by molar-refractivity contribution is -0.136. The van der Waals surface area contributed by atoms with Gasteiger partial charge < -0.3 is 19.7 Å².